The maximum atomic E-state index is 10.1. The molecule has 13 aromatic carbocycles. The summed E-state index contributed by atoms with van der Waals surface area (Å²) in [4.78, 5) is 11.1. The maximum absolute atomic E-state index is 10.1. The van der Waals surface area contributed by atoms with Gasteiger partial charge in [0.2, 0.25) is 0 Å². The van der Waals surface area contributed by atoms with Crippen molar-refractivity contribution in [2.75, 3.05) is 0 Å². The van der Waals surface area contributed by atoms with Crippen LogP contribution >= 0.6 is 0 Å². The quantitative estimate of drug-likeness (QED) is 0.136. The van der Waals surface area contributed by atoms with Crippen LogP contribution in [-0.4, -0.2) is 23.7 Å². The largest absolute Gasteiger partial charge is 0.309 e. The van der Waals surface area contributed by atoms with Gasteiger partial charge in [0.25, 0.3) is 0 Å². The van der Waals surface area contributed by atoms with Gasteiger partial charge >= 0.3 is 0 Å². The lowest BCUT2D eigenvalue weighted by Gasteiger charge is -2.22. The van der Waals surface area contributed by atoms with Gasteiger partial charge in [-0.3, -0.25) is 0 Å². The highest BCUT2D eigenvalue weighted by Gasteiger charge is 2.26. The van der Waals surface area contributed by atoms with Gasteiger partial charge in [-0.25, -0.2) is 9.97 Å². The van der Waals surface area contributed by atoms with Gasteiger partial charge < -0.3 is 13.7 Å². The molecule has 0 saturated heterocycles. The van der Waals surface area contributed by atoms with Crippen molar-refractivity contribution in [2.24, 2.45) is 0 Å². The van der Waals surface area contributed by atoms with E-state index in [-0.39, 0.29) is 0 Å². The summed E-state index contributed by atoms with van der Waals surface area (Å²) in [6, 6.07) is 114. The Balaban J connectivity index is 1.02. The van der Waals surface area contributed by atoms with Crippen LogP contribution in [0.15, 0.2) is 309 Å². The highest BCUT2D eigenvalue weighted by molar-refractivity contribution is 6.14. The molecule has 4 aromatic heterocycles. The molecule has 0 N–H and O–H groups in total. The van der Waals surface area contributed by atoms with E-state index in [1.807, 2.05) is 48.5 Å². The summed E-state index contributed by atoms with van der Waals surface area (Å²) in [5.74, 6) is 0.585. The van der Waals surface area contributed by atoms with Gasteiger partial charge in [0.15, 0.2) is 5.82 Å². The lowest BCUT2D eigenvalue weighted by molar-refractivity contribution is 1.16. The molecular formula is C84H51N7. The monoisotopic (exact) mass is 1160 g/mol. The van der Waals surface area contributed by atoms with Crippen molar-refractivity contribution in [3.63, 3.8) is 0 Å². The van der Waals surface area contributed by atoms with Gasteiger partial charge in [0.05, 0.1) is 73.4 Å². The van der Waals surface area contributed by atoms with E-state index in [0.29, 0.717) is 17.0 Å². The van der Waals surface area contributed by atoms with E-state index in [9.17, 15) is 10.5 Å². The van der Waals surface area contributed by atoms with Crippen molar-refractivity contribution in [3.05, 3.63) is 321 Å². The first-order valence-corrected chi connectivity index (χ1v) is 30.5. The van der Waals surface area contributed by atoms with Crippen molar-refractivity contribution in [1.29, 1.82) is 10.5 Å². The van der Waals surface area contributed by atoms with Crippen LogP contribution in [0.4, 0.5) is 0 Å². The third kappa shape index (κ3) is 8.96. The predicted octanol–water partition coefficient (Wildman–Crippen LogP) is 21.2. The lowest BCUT2D eigenvalue weighted by atomic mass is 9.91. The second-order valence-electron chi connectivity index (χ2n) is 23.1. The number of rotatable bonds is 10. The van der Waals surface area contributed by atoms with Crippen LogP contribution in [-0.2, 0) is 0 Å². The Bertz CT molecular complexity index is 5420. The normalized spacial score (nSPS) is 11.5. The van der Waals surface area contributed by atoms with Gasteiger partial charge in [0.1, 0.15) is 0 Å². The molecule has 0 spiro atoms. The van der Waals surface area contributed by atoms with Crippen molar-refractivity contribution >= 4 is 65.4 Å². The lowest BCUT2D eigenvalue weighted by Crippen LogP contribution is -2.04. The Morgan fingerprint density at radius 3 is 1.01 bits per heavy atom. The number of aromatic nitrogens is 5. The summed E-state index contributed by atoms with van der Waals surface area (Å²) < 4.78 is 7.23. The molecule has 422 valence electrons. The Labute approximate surface area is 524 Å². The van der Waals surface area contributed by atoms with E-state index in [1.54, 1.807) is 0 Å². The summed E-state index contributed by atoms with van der Waals surface area (Å²) in [5, 5.41) is 27.1. The van der Waals surface area contributed by atoms with E-state index in [4.69, 9.17) is 9.97 Å². The average Bonchev–Trinajstić information content (AvgIpc) is 1.86. The zero-order valence-corrected chi connectivity index (χ0v) is 49.1. The first kappa shape index (κ1) is 52.6. The minimum atomic E-state index is 0.585. The van der Waals surface area contributed by atoms with Crippen LogP contribution in [0, 0.1) is 22.7 Å². The molecule has 4 heterocycles. The zero-order valence-electron chi connectivity index (χ0n) is 49.1. The van der Waals surface area contributed by atoms with Crippen LogP contribution in [0.2, 0.25) is 0 Å². The summed E-state index contributed by atoms with van der Waals surface area (Å²) in [7, 11) is 0. The molecule has 0 bridgehead atoms. The van der Waals surface area contributed by atoms with Gasteiger partial charge in [-0.2, -0.15) is 10.5 Å². The number of hydrogen-bond acceptors (Lipinski definition) is 4. The molecule has 0 aliphatic carbocycles. The first-order valence-electron chi connectivity index (χ1n) is 30.5. The van der Waals surface area contributed by atoms with Crippen molar-refractivity contribution in [2.45, 2.75) is 0 Å². The topological polar surface area (TPSA) is 88.2 Å². The van der Waals surface area contributed by atoms with Gasteiger partial charge in [0, 0.05) is 71.5 Å². The standard InChI is InChI=1S/C84H51N7/c85-52-54-19-15-25-58(43-54)60-39-41-81-73(47-60)74-48-61(59-26-16-20-55(44-59)53-86)40-42-82(74)91(81)83-71(62-27-17-29-65(45-62)89-77-35-11-7-31-67(77)68-32-8-12-36-78(68)89)49-64(84-87-75(56-21-3-1-4-22-56)51-76(88-84)57-23-5-2-6-24-57)50-72(83)63-28-18-30-66(46-63)90-79-37-13-9-33-69(79)70-34-10-14-38-80(70)90/h1-51H. The molecule has 0 unspecified atom stereocenters. The van der Waals surface area contributed by atoms with Crippen LogP contribution in [0.1, 0.15) is 11.1 Å². The van der Waals surface area contributed by atoms with E-state index < -0.39 is 0 Å². The summed E-state index contributed by atoms with van der Waals surface area (Å²) in [5.41, 5.74) is 22.8. The average molecular weight is 1160 g/mol. The first-order chi connectivity index (χ1) is 45.0. The number of fused-ring (bicyclic) bond motifs is 9. The highest BCUT2D eigenvalue weighted by Crippen LogP contribution is 2.47. The maximum Gasteiger partial charge on any atom is 0.160 e. The van der Waals surface area contributed by atoms with Crippen molar-refractivity contribution in [3.8, 4) is 108 Å². The van der Waals surface area contributed by atoms with Crippen LogP contribution < -0.4 is 0 Å². The van der Waals surface area contributed by atoms with Crippen molar-refractivity contribution < 1.29 is 0 Å². The molecule has 0 amide bonds. The Morgan fingerprint density at radius 2 is 0.593 bits per heavy atom. The predicted molar refractivity (Wildman–Crippen MR) is 373 cm³/mol. The molecule has 7 nitrogen and oxygen atoms in total. The number of para-hydroxylation sites is 4. The number of nitriles is 2. The molecular weight excluding hydrogens is 1110 g/mol. The summed E-state index contributed by atoms with van der Waals surface area (Å²) in [6.07, 6.45) is 0. The number of nitrogens with zero attached hydrogens (tertiary/aromatic N) is 7. The number of benzene rings is 13. The van der Waals surface area contributed by atoms with Gasteiger partial charge in [-0.1, -0.05) is 194 Å². The fourth-order valence-electron chi connectivity index (χ4n) is 13.7. The fourth-order valence-corrected chi connectivity index (χ4v) is 13.7. The van der Waals surface area contributed by atoms with E-state index in [0.717, 1.165) is 134 Å². The minimum absolute atomic E-state index is 0.585. The second kappa shape index (κ2) is 21.6. The Kier molecular flexibility index (Phi) is 12.5. The molecule has 17 rings (SSSR count). The van der Waals surface area contributed by atoms with Gasteiger partial charge in [-0.15, -0.1) is 0 Å². The van der Waals surface area contributed by atoms with E-state index in [1.165, 1.54) is 21.5 Å². The van der Waals surface area contributed by atoms with Crippen LogP contribution in [0.3, 0.4) is 0 Å². The molecule has 0 fully saturated rings. The number of hydrogen-bond donors (Lipinski definition) is 0. The zero-order chi connectivity index (χ0) is 60.5. The molecule has 17 aromatic rings. The molecule has 0 aliphatic heterocycles. The van der Waals surface area contributed by atoms with Crippen LogP contribution in [0.5, 0.6) is 0 Å². The Hall–Kier alpha value is -12.7. The summed E-state index contributed by atoms with van der Waals surface area (Å²) in [6.45, 7) is 0. The third-order valence-corrected chi connectivity index (χ3v) is 17.9. The highest BCUT2D eigenvalue weighted by atomic mass is 15.0. The van der Waals surface area contributed by atoms with E-state index >= 15 is 0 Å². The molecule has 7 heteroatoms. The minimum Gasteiger partial charge on any atom is -0.309 e. The SMILES string of the molecule is N#Cc1cccc(-c2ccc3c(c2)c2cc(-c4cccc(C#N)c4)ccc2n3-c2c(-c3cccc(-n4c5ccccc5c5ccccc54)c3)cc(-c3nc(-c4ccccc4)cc(-c4ccccc4)n3)cc2-c2cccc(-n3c4ccccc4c4ccccc43)c2)c1. The second-order valence-corrected chi connectivity index (χ2v) is 23.1. The summed E-state index contributed by atoms with van der Waals surface area (Å²) >= 11 is 0. The molecule has 0 radical (unpaired) electrons. The molecule has 0 atom stereocenters. The molecule has 91 heavy (non-hydrogen) atoms. The molecule has 0 saturated carbocycles. The van der Waals surface area contributed by atoms with Gasteiger partial charge in [-0.05, 0) is 149 Å². The smallest absolute Gasteiger partial charge is 0.160 e. The molecule has 0 aliphatic rings. The van der Waals surface area contributed by atoms with Crippen LogP contribution in [0.25, 0.3) is 161 Å². The fraction of sp³-hybridized carbons (Fsp3) is 0. The van der Waals surface area contributed by atoms with E-state index in [2.05, 4.69) is 287 Å². The Morgan fingerprint density at radius 1 is 0.242 bits per heavy atom. The van der Waals surface area contributed by atoms with Crippen molar-refractivity contribution in [1.82, 2.24) is 23.7 Å². The third-order valence-electron chi connectivity index (χ3n) is 17.9.